The number of anilines is 1. The number of halogens is 1. The number of benzene rings is 1. The van der Waals surface area contributed by atoms with Gasteiger partial charge in [0, 0.05) is 11.8 Å². The molecule has 92 valence electrons. The molecule has 0 unspecified atom stereocenters. The van der Waals surface area contributed by atoms with E-state index in [-0.39, 0.29) is 5.75 Å². The molecule has 0 amide bonds. The van der Waals surface area contributed by atoms with E-state index in [1.54, 1.807) is 24.4 Å². The van der Waals surface area contributed by atoms with Gasteiger partial charge in [0.25, 0.3) is 0 Å². The first-order chi connectivity index (χ1) is 8.81. The minimum atomic E-state index is 0.231. The van der Waals surface area contributed by atoms with Crippen molar-refractivity contribution in [3.8, 4) is 5.75 Å². The Morgan fingerprint density at radius 2 is 2.06 bits per heavy atom. The van der Waals surface area contributed by atoms with Gasteiger partial charge >= 0.3 is 0 Å². The van der Waals surface area contributed by atoms with Crippen LogP contribution in [0, 0.1) is 0 Å². The Morgan fingerprint density at radius 1 is 1.22 bits per heavy atom. The SMILES string of the molecule is Oc1ccccc1CN=Nc1cccnc1NI. The third-order valence-electron chi connectivity index (χ3n) is 2.29. The molecule has 0 bridgehead atoms. The van der Waals surface area contributed by atoms with Gasteiger partial charge < -0.3 is 8.64 Å². The van der Waals surface area contributed by atoms with Gasteiger partial charge in [-0.3, -0.25) is 0 Å². The molecule has 2 N–H and O–H groups in total. The van der Waals surface area contributed by atoms with Crippen molar-refractivity contribution in [2.45, 2.75) is 6.54 Å². The molecule has 2 rings (SSSR count). The van der Waals surface area contributed by atoms with Gasteiger partial charge in [0.2, 0.25) is 0 Å². The Labute approximate surface area is 118 Å². The summed E-state index contributed by atoms with van der Waals surface area (Å²) in [5.74, 6) is 0.897. The van der Waals surface area contributed by atoms with Crippen LogP contribution >= 0.6 is 22.9 Å². The van der Waals surface area contributed by atoms with Crippen molar-refractivity contribution in [3.63, 3.8) is 0 Å². The van der Waals surface area contributed by atoms with E-state index in [1.165, 1.54) is 0 Å². The fourth-order valence-electron chi connectivity index (χ4n) is 1.38. The zero-order valence-electron chi connectivity index (χ0n) is 9.42. The average Bonchev–Trinajstić information content (AvgIpc) is 2.41. The van der Waals surface area contributed by atoms with Gasteiger partial charge in [-0.05, 0) is 18.2 Å². The molecule has 0 aliphatic carbocycles. The maximum absolute atomic E-state index is 9.58. The number of hydrogen-bond acceptors (Lipinski definition) is 5. The Morgan fingerprint density at radius 3 is 2.83 bits per heavy atom. The van der Waals surface area contributed by atoms with Crippen LogP contribution in [-0.4, -0.2) is 10.1 Å². The second-order valence-electron chi connectivity index (χ2n) is 3.49. The van der Waals surface area contributed by atoms with E-state index in [0.717, 1.165) is 5.56 Å². The molecule has 1 heterocycles. The second kappa shape index (κ2) is 6.29. The predicted octanol–water partition coefficient (Wildman–Crippen LogP) is 3.83. The molecule has 1 aromatic heterocycles. The van der Waals surface area contributed by atoms with Crippen LogP contribution < -0.4 is 3.53 Å². The van der Waals surface area contributed by atoms with E-state index in [4.69, 9.17) is 0 Å². The molecule has 6 heteroatoms. The lowest BCUT2D eigenvalue weighted by Crippen LogP contribution is -1.84. The summed E-state index contributed by atoms with van der Waals surface area (Å²) in [7, 11) is 0. The van der Waals surface area contributed by atoms with Crippen molar-refractivity contribution in [2.75, 3.05) is 3.53 Å². The number of nitrogens with one attached hydrogen (secondary N) is 1. The first-order valence-electron chi connectivity index (χ1n) is 5.27. The van der Waals surface area contributed by atoms with Crippen LogP contribution in [0.5, 0.6) is 5.75 Å². The monoisotopic (exact) mass is 354 g/mol. The summed E-state index contributed by atoms with van der Waals surface area (Å²) in [4.78, 5) is 4.12. The number of phenols is 1. The minimum absolute atomic E-state index is 0.231. The van der Waals surface area contributed by atoms with Crippen molar-refractivity contribution < 1.29 is 5.11 Å². The molecule has 0 aliphatic heterocycles. The zero-order chi connectivity index (χ0) is 12.8. The van der Waals surface area contributed by atoms with Crippen molar-refractivity contribution in [2.24, 2.45) is 10.2 Å². The summed E-state index contributed by atoms with van der Waals surface area (Å²) in [5, 5.41) is 17.7. The second-order valence-corrected chi connectivity index (χ2v) is 4.03. The van der Waals surface area contributed by atoms with Crippen LogP contribution in [0.3, 0.4) is 0 Å². The van der Waals surface area contributed by atoms with Crippen LogP contribution in [0.1, 0.15) is 5.56 Å². The highest BCUT2D eigenvalue weighted by Crippen LogP contribution is 2.24. The highest BCUT2D eigenvalue weighted by atomic mass is 127. The summed E-state index contributed by atoms with van der Waals surface area (Å²) >= 11 is 1.99. The molecule has 18 heavy (non-hydrogen) atoms. The number of rotatable bonds is 4. The number of phenolic OH excluding ortho intramolecular Hbond substituents is 1. The molecule has 0 radical (unpaired) electrons. The van der Waals surface area contributed by atoms with Crippen LogP contribution in [-0.2, 0) is 6.54 Å². The van der Waals surface area contributed by atoms with Crippen molar-refractivity contribution in [1.82, 2.24) is 4.98 Å². The molecule has 2 aromatic rings. The van der Waals surface area contributed by atoms with Gasteiger partial charge in [-0.2, -0.15) is 10.2 Å². The molecular weight excluding hydrogens is 343 g/mol. The summed E-state index contributed by atoms with van der Waals surface area (Å²) in [6.45, 7) is 0.336. The molecule has 1 aromatic carbocycles. The molecule has 0 saturated carbocycles. The number of nitrogens with zero attached hydrogens (tertiary/aromatic N) is 3. The van der Waals surface area contributed by atoms with Gasteiger partial charge in [0.15, 0.2) is 5.82 Å². The summed E-state index contributed by atoms with van der Waals surface area (Å²) in [5.41, 5.74) is 1.41. The Bertz CT molecular complexity index is 559. The number of aromatic hydroxyl groups is 1. The van der Waals surface area contributed by atoms with E-state index in [2.05, 4.69) is 18.7 Å². The van der Waals surface area contributed by atoms with E-state index in [0.29, 0.717) is 18.1 Å². The lowest BCUT2D eigenvalue weighted by atomic mass is 10.2. The minimum Gasteiger partial charge on any atom is -0.508 e. The van der Waals surface area contributed by atoms with Crippen molar-refractivity contribution in [1.29, 1.82) is 0 Å². The largest absolute Gasteiger partial charge is 0.508 e. The van der Waals surface area contributed by atoms with E-state index < -0.39 is 0 Å². The van der Waals surface area contributed by atoms with Crippen molar-refractivity contribution >= 4 is 34.4 Å². The highest BCUT2D eigenvalue weighted by Gasteiger charge is 2.00. The maximum Gasteiger partial charge on any atom is 0.162 e. The molecule has 0 saturated heterocycles. The third-order valence-corrected chi connectivity index (χ3v) is 2.80. The molecule has 0 fully saturated rings. The van der Waals surface area contributed by atoms with Gasteiger partial charge in [-0.15, -0.1) is 0 Å². The van der Waals surface area contributed by atoms with Crippen LogP contribution in [0.25, 0.3) is 0 Å². The number of aromatic nitrogens is 1. The number of azo groups is 1. The van der Waals surface area contributed by atoms with Gasteiger partial charge in [-0.25, -0.2) is 4.98 Å². The first-order valence-corrected chi connectivity index (χ1v) is 6.35. The molecule has 0 spiro atoms. The molecule has 5 nitrogen and oxygen atoms in total. The molecule has 0 atom stereocenters. The lowest BCUT2D eigenvalue weighted by molar-refractivity contribution is 0.468. The number of pyridine rings is 1. The summed E-state index contributed by atoms with van der Waals surface area (Å²) in [6, 6.07) is 10.7. The Kier molecular flexibility index (Phi) is 4.46. The smallest absolute Gasteiger partial charge is 0.162 e. The summed E-state index contributed by atoms with van der Waals surface area (Å²) < 4.78 is 2.91. The van der Waals surface area contributed by atoms with E-state index in [9.17, 15) is 5.11 Å². The normalized spacial score (nSPS) is 10.7. The predicted molar refractivity (Wildman–Crippen MR) is 78.2 cm³/mol. The Balaban J connectivity index is 2.10. The topological polar surface area (TPSA) is 69.9 Å². The van der Waals surface area contributed by atoms with Crippen LogP contribution in [0.2, 0.25) is 0 Å². The van der Waals surface area contributed by atoms with Gasteiger partial charge in [0.05, 0.1) is 29.4 Å². The van der Waals surface area contributed by atoms with Gasteiger partial charge in [-0.1, -0.05) is 18.2 Å². The van der Waals surface area contributed by atoms with E-state index >= 15 is 0 Å². The van der Waals surface area contributed by atoms with Crippen LogP contribution in [0.4, 0.5) is 11.5 Å². The molecule has 0 aliphatic rings. The fraction of sp³-hybridized carbons (Fsp3) is 0.0833. The van der Waals surface area contributed by atoms with E-state index in [1.807, 2.05) is 41.1 Å². The fourth-order valence-corrected chi connectivity index (χ4v) is 1.80. The highest BCUT2D eigenvalue weighted by molar-refractivity contribution is 14.1. The lowest BCUT2D eigenvalue weighted by Gasteiger charge is -2.01. The maximum atomic E-state index is 9.58. The summed E-state index contributed by atoms with van der Waals surface area (Å²) in [6.07, 6.45) is 1.68. The van der Waals surface area contributed by atoms with Crippen molar-refractivity contribution in [3.05, 3.63) is 48.2 Å². The Hall–Kier alpha value is -1.70. The zero-order valence-corrected chi connectivity index (χ0v) is 11.6. The van der Waals surface area contributed by atoms with Gasteiger partial charge in [0.1, 0.15) is 11.4 Å². The number of hydrogen-bond donors (Lipinski definition) is 2. The average molecular weight is 354 g/mol. The first kappa shape index (κ1) is 12.7. The quantitative estimate of drug-likeness (QED) is 0.498. The standard InChI is InChI=1S/C12H11IN4O/c13-16-12-10(5-3-7-14-12)17-15-8-9-4-1-2-6-11(9)18/h1-7,18H,8H2,(H,14,16). The molecular formula is C12H11IN4O. The number of para-hydroxylation sites is 1. The van der Waals surface area contributed by atoms with Crippen LogP contribution in [0.15, 0.2) is 52.8 Å². The third kappa shape index (κ3) is 3.16.